The molecule has 0 aliphatic rings. The first kappa shape index (κ1) is 15.8. The number of aromatic nitrogens is 2. The van der Waals surface area contributed by atoms with Gasteiger partial charge in [0.1, 0.15) is 5.03 Å². The standard InChI is InChI=1S/C17H13F3N2S/c1-10-4-3-5-12(8-10)23-15-13-9-11(2)6-7-14(13)21-16(22-15)17(18,19)20/h3-9H,1-2H3. The van der Waals surface area contributed by atoms with E-state index < -0.39 is 12.0 Å². The van der Waals surface area contributed by atoms with Gasteiger partial charge in [0.25, 0.3) is 0 Å². The molecule has 0 atom stereocenters. The van der Waals surface area contributed by atoms with E-state index in [9.17, 15) is 13.2 Å². The molecule has 3 rings (SSSR count). The van der Waals surface area contributed by atoms with Gasteiger partial charge in [0, 0.05) is 10.3 Å². The molecule has 2 nitrogen and oxygen atoms in total. The van der Waals surface area contributed by atoms with E-state index in [2.05, 4.69) is 9.97 Å². The first-order valence-electron chi connectivity index (χ1n) is 6.93. The second-order valence-corrected chi connectivity index (χ2v) is 6.35. The summed E-state index contributed by atoms with van der Waals surface area (Å²) in [6.07, 6.45) is -4.57. The third-order valence-corrected chi connectivity index (χ3v) is 4.27. The Morgan fingerprint density at radius 2 is 1.65 bits per heavy atom. The predicted molar refractivity (Wildman–Crippen MR) is 84.6 cm³/mol. The van der Waals surface area contributed by atoms with Gasteiger partial charge >= 0.3 is 6.18 Å². The van der Waals surface area contributed by atoms with Crippen LogP contribution in [0.1, 0.15) is 17.0 Å². The highest BCUT2D eigenvalue weighted by Gasteiger charge is 2.35. The van der Waals surface area contributed by atoms with E-state index in [4.69, 9.17) is 0 Å². The van der Waals surface area contributed by atoms with Crippen molar-refractivity contribution in [2.75, 3.05) is 0 Å². The number of halogens is 3. The molecule has 0 N–H and O–H groups in total. The van der Waals surface area contributed by atoms with Crippen LogP contribution in [0.3, 0.4) is 0 Å². The van der Waals surface area contributed by atoms with Crippen LogP contribution in [0, 0.1) is 13.8 Å². The number of hydrogen-bond acceptors (Lipinski definition) is 3. The average molecular weight is 334 g/mol. The molecule has 3 aromatic rings. The largest absolute Gasteiger partial charge is 0.451 e. The van der Waals surface area contributed by atoms with E-state index in [0.717, 1.165) is 16.0 Å². The summed E-state index contributed by atoms with van der Waals surface area (Å²) in [6.45, 7) is 3.83. The molecular weight excluding hydrogens is 321 g/mol. The molecule has 1 heterocycles. The van der Waals surface area contributed by atoms with Crippen molar-refractivity contribution in [2.45, 2.75) is 29.9 Å². The summed E-state index contributed by atoms with van der Waals surface area (Å²) in [6, 6.07) is 12.7. The van der Waals surface area contributed by atoms with Crippen molar-refractivity contribution in [3.05, 3.63) is 59.4 Å². The van der Waals surface area contributed by atoms with Crippen LogP contribution in [-0.2, 0) is 6.18 Å². The van der Waals surface area contributed by atoms with Gasteiger partial charge in [-0.3, -0.25) is 0 Å². The van der Waals surface area contributed by atoms with Gasteiger partial charge in [0.15, 0.2) is 0 Å². The molecule has 0 aliphatic heterocycles. The smallest absolute Gasteiger partial charge is 0.224 e. The summed E-state index contributed by atoms with van der Waals surface area (Å²) < 4.78 is 39.1. The Morgan fingerprint density at radius 3 is 2.35 bits per heavy atom. The fourth-order valence-corrected chi connectivity index (χ4v) is 3.23. The first-order valence-corrected chi connectivity index (χ1v) is 7.75. The number of aryl methyl sites for hydroxylation is 2. The molecule has 6 heteroatoms. The highest BCUT2D eigenvalue weighted by molar-refractivity contribution is 7.99. The van der Waals surface area contributed by atoms with Gasteiger partial charge in [-0.1, -0.05) is 41.1 Å². The van der Waals surface area contributed by atoms with Crippen LogP contribution in [0.25, 0.3) is 10.9 Å². The minimum atomic E-state index is -4.57. The van der Waals surface area contributed by atoms with Gasteiger partial charge < -0.3 is 0 Å². The van der Waals surface area contributed by atoms with Gasteiger partial charge in [-0.05, 0) is 38.1 Å². The van der Waals surface area contributed by atoms with Crippen molar-refractivity contribution in [3.8, 4) is 0 Å². The summed E-state index contributed by atoms with van der Waals surface area (Å²) in [5.74, 6) is -1.11. The Hall–Kier alpha value is -2.08. The van der Waals surface area contributed by atoms with Crippen LogP contribution in [0.5, 0.6) is 0 Å². The molecule has 0 bridgehead atoms. The molecule has 2 aromatic carbocycles. The topological polar surface area (TPSA) is 25.8 Å². The van der Waals surface area contributed by atoms with Crippen molar-refractivity contribution in [1.82, 2.24) is 9.97 Å². The Morgan fingerprint density at radius 1 is 0.913 bits per heavy atom. The van der Waals surface area contributed by atoms with Crippen LogP contribution < -0.4 is 0 Å². The van der Waals surface area contributed by atoms with Gasteiger partial charge in [-0.25, -0.2) is 9.97 Å². The van der Waals surface area contributed by atoms with Crippen molar-refractivity contribution >= 4 is 22.7 Å². The molecule has 0 saturated carbocycles. The van der Waals surface area contributed by atoms with Crippen molar-refractivity contribution in [2.24, 2.45) is 0 Å². The maximum atomic E-state index is 13.0. The summed E-state index contributed by atoms with van der Waals surface area (Å²) in [5.41, 5.74) is 2.29. The summed E-state index contributed by atoms with van der Waals surface area (Å²) in [7, 11) is 0. The Kier molecular flexibility index (Phi) is 4.02. The summed E-state index contributed by atoms with van der Waals surface area (Å²) in [5, 5.41) is 0.945. The molecule has 0 saturated heterocycles. The molecule has 0 unspecified atom stereocenters. The SMILES string of the molecule is Cc1cccc(Sc2nc(C(F)(F)F)nc3ccc(C)cc23)c1. The first-order chi connectivity index (χ1) is 10.8. The lowest BCUT2D eigenvalue weighted by Crippen LogP contribution is -2.11. The fraction of sp³-hybridized carbons (Fsp3) is 0.176. The van der Waals surface area contributed by atoms with Crippen LogP contribution in [0.15, 0.2) is 52.4 Å². The third kappa shape index (κ3) is 3.47. The van der Waals surface area contributed by atoms with Gasteiger partial charge in [0.2, 0.25) is 5.82 Å². The molecule has 0 amide bonds. The molecule has 118 valence electrons. The molecule has 0 aliphatic carbocycles. The number of hydrogen-bond donors (Lipinski definition) is 0. The van der Waals surface area contributed by atoms with Crippen molar-refractivity contribution in [3.63, 3.8) is 0 Å². The Bertz CT molecular complexity index is 875. The number of alkyl halides is 3. The Balaban J connectivity index is 2.18. The summed E-state index contributed by atoms with van der Waals surface area (Å²) >= 11 is 1.22. The number of nitrogens with zero attached hydrogens (tertiary/aromatic N) is 2. The molecule has 0 fully saturated rings. The van der Waals surface area contributed by atoms with Crippen LogP contribution in [0.2, 0.25) is 0 Å². The molecule has 1 aromatic heterocycles. The zero-order valence-electron chi connectivity index (χ0n) is 12.5. The number of fused-ring (bicyclic) bond motifs is 1. The minimum Gasteiger partial charge on any atom is -0.224 e. The zero-order valence-corrected chi connectivity index (χ0v) is 13.3. The Labute approximate surface area is 135 Å². The van der Waals surface area contributed by atoms with E-state index in [1.54, 1.807) is 12.1 Å². The van der Waals surface area contributed by atoms with Crippen LogP contribution >= 0.6 is 11.8 Å². The van der Waals surface area contributed by atoms with E-state index >= 15 is 0 Å². The maximum absolute atomic E-state index is 13.0. The lowest BCUT2D eigenvalue weighted by Gasteiger charge is -2.11. The second kappa shape index (κ2) is 5.85. The van der Waals surface area contributed by atoms with E-state index in [-0.39, 0.29) is 0 Å². The maximum Gasteiger partial charge on any atom is 0.451 e. The second-order valence-electron chi connectivity index (χ2n) is 5.29. The van der Waals surface area contributed by atoms with Crippen LogP contribution in [-0.4, -0.2) is 9.97 Å². The highest BCUT2D eigenvalue weighted by Crippen LogP contribution is 2.35. The predicted octanol–water partition coefficient (Wildman–Crippen LogP) is 5.42. The van der Waals surface area contributed by atoms with Gasteiger partial charge in [-0.15, -0.1) is 0 Å². The number of benzene rings is 2. The lowest BCUT2D eigenvalue weighted by atomic mass is 10.2. The average Bonchev–Trinajstić information content (AvgIpc) is 2.46. The van der Waals surface area contributed by atoms with E-state index in [1.807, 2.05) is 44.2 Å². The number of rotatable bonds is 2. The van der Waals surface area contributed by atoms with Gasteiger partial charge in [-0.2, -0.15) is 13.2 Å². The lowest BCUT2D eigenvalue weighted by molar-refractivity contribution is -0.145. The van der Waals surface area contributed by atoms with Crippen LogP contribution in [0.4, 0.5) is 13.2 Å². The normalized spacial score (nSPS) is 11.9. The van der Waals surface area contributed by atoms with Crippen molar-refractivity contribution < 1.29 is 13.2 Å². The molecule has 0 radical (unpaired) electrons. The summed E-state index contributed by atoms with van der Waals surface area (Å²) in [4.78, 5) is 8.27. The molecule has 0 spiro atoms. The third-order valence-electron chi connectivity index (χ3n) is 3.27. The highest BCUT2D eigenvalue weighted by atomic mass is 32.2. The fourth-order valence-electron chi connectivity index (χ4n) is 2.21. The van der Waals surface area contributed by atoms with Crippen molar-refractivity contribution in [1.29, 1.82) is 0 Å². The van der Waals surface area contributed by atoms with E-state index in [1.165, 1.54) is 11.8 Å². The minimum absolute atomic E-state index is 0.299. The monoisotopic (exact) mass is 334 g/mol. The molecule has 23 heavy (non-hydrogen) atoms. The molecular formula is C17H13F3N2S. The zero-order chi connectivity index (χ0) is 16.6. The van der Waals surface area contributed by atoms with E-state index in [0.29, 0.717) is 15.9 Å². The quantitative estimate of drug-likeness (QED) is 0.586. The van der Waals surface area contributed by atoms with Gasteiger partial charge in [0.05, 0.1) is 5.52 Å².